The Kier molecular flexibility index (Phi) is 9.52. The lowest BCUT2D eigenvalue weighted by Gasteiger charge is -2.04. The lowest BCUT2D eigenvalue weighted by Crippen LogP contribution is -2.36. The van der Waals surface area contributed by atoms with E-state index in [1.54, 1.807) is 0 Å². The summed E-state index contributed by atoms with van der Waals surface area (Å²) < 4.78 is 4.88. The summed E-state index contributed by atoms with van der Waals surface area (Å²) in [5.41, 5.74) is 2.76. The molecule has 0 unspecified atom stereocenters. The molecule has 1 aromatic carbocycles. The second-order valence-corrected chi connectivity index (χ2v) is 7.76. The van der Waals surface area contributed by atoms with Crippen molar-refractivity contribution in [3.05, 3.63) is 53.6 Å². The van der Waals surface area contributed by atoms with Crippen LogP contribution in [-0.2, 0) is 13.1 Å². The normalized spacial score (nSPS) is 11.2. The average Bonchev–Trinajstić information content (AvgIpc) is 2.91. The number of hydrogen-bond donors (Lipinski definition) is 0. The molecule has 0 N–H and O–H groups in total. The minimum Gasteiger partial charge on any atom is -0.232 e. The number of nitrogens with zero attached hydrogens (tertiary/aromatic N) is 2. The van der Waals surface area contributed by atoms with E-state index in [-0.39, 0.29) is 0 Å². The van der Waals surface area contributed by atoms with E-state index in [0.29, 0.717) is 0 Å². The number of aromatic nitrogens is 2. The van der Waals surface area contributed by atoms with Crippen LogP contribution in [0.4, 0.5) is 0 Å². The zero-order valence-corrected chi connectivity index (χ0v) is 17.3. The van der Waals surface area contributed by atoms with E-state index in [4.69, 9.17) is 0 Å². The minimum absolute atomic E-state index is 0.971. The van der Waals surface area contributed by atoms with Crippen LogP contribution in [0.25, 0.3) is 0 Å². The van der Waals surface area contributed by atoms with Gasteiger partial charge in [0.05, 0.1) is 6.54 Å². The molecular weight excluding hydrogens is 316 g/mol. The third-order valence-corrected chi connectivity index (χ3v) is 5.51. The Hall–Kier alpha value is -1.57. The van der Waals surface area contributed by atoms with Crippen molar-refractivity contribution in [3.63, 3.8) is 0 Å². The van der Waals surface area contributed by atoms with E-state index in [9.17, 15) is 0 Å². The molecule has 0 spiro atoms. The average molecular weight is 356 g/mol. The zero-order valence-electron chi connectivity index (χ0n) is 17.3. The molecule has 2 rings (SSSR count). The van der Waals surface area contributed by atoms with Gasteiger partial charge in [0.1, 0.15) is 18.4 Å². The van der Waals surface area contributed by atoms with Gasteiger partial charge >= 0.3 is 0 Å². The molecule has 0 radical (unpaired) electrons. The summed E-state index contributed by atoms with van der Waals surface area (Å²) >= 11 is 0. The molecule has 0 atom stereocenters. The van der Waals surface area contributed by atoms with Crippen molar-refractivity contribution < 1.29 is 4.57 Å². The van der Waals surface area contributed by atoms with E-state index in [0.717, 1.165) is 13.1 Å². The molecule has 0 saturated heterocycles. The van der Waals surface area contributed by atoms with Gasteiger partial charge in [0.2, 0.25) is 0 Å². The Morgan fingerprint density at radius 1 is 0.769 bits per heavy atom. The van der Waals surface area contributed by atoms with Gasteiger partial charge in [-0.15, -0.1) is 0 Å². The van der Waals surface area contributed by atoms with Crippen molar-refractivity contribution in [2.45, 2.75) is 98.1 Å². The maximum Gasteiger partial charge on any atom is 0.253 e. The summed E-state index contributed by atoms with van der Waals surface area (Å²) in [4.78, 5) is 0. The summed E-state index contributed by atoms with van der Waals surface area (Å²) in [6.45, 7) is 8.92. The van der Waals surface area contributed by atoms with Gasteiger partial charge in [0.15, 0.2) is 0 Å². The Morgan fingerprint density at radius 3 is 1.96 bits per heavy atom. The predicted molar refractivity (Wildman–Crippen MR) is 111 cm³/mol. The molecule has 2 aromatic rings. The van der Waals surface area contributed by atoms with Gasteiger partial charge in [-0.3, -0.25) is 0 Å². The van der Waals surface area contributed by atoms with E-state index in [2.05, 4.69) is 66.4 Å². The number of benzene rings is 1. The number of unbranched alkanes of at least 4 members (excludes halogenated alkanes) is 9. The third-order valence-electron chi connectivity index (χ3n) is 5.51. The van der Waals surface area contributed by atoms with Crippen molar-refractivity contribution in [3.8, 4) is 0 Å². The minimum atomic E-state index is 0.971. The first-order valence-electron chi connectivity index (χ1n) is 10.8. The predicted octanol–water partition coefficient (Wildman–Crippen LogP) is 6.36. The Bertz CT molecular complexity index is 613. The van der Waals surface area contributed by atoms with Crippen molar-refractivity contribution in [2.75, 3.05) is 0 Å². The smallest absolute Gasteiger partial charge is 0.232 e. The lowest BCUT2D eigenvalue weighted by atomic mass is 10.1. The van der Waals surface area contributed by atoms with Gasteiger partial charge in [0, 0.05) is 13.8 Å². The summed E-state index contributed by atoms with van der Waals surface area (Å²) in [6.07, 6.45) is 16.3. The van der Waals surface area contributed by atoms with E-state index in [1.165, 1.54) is 81.3 Å². The Balaban J connectivity index is 1.66. The summed E-state index contributed by atoms with van der Waals surface area (Å²) in [6, 6.07) is 10.8. The van der Waals surface area contributed by atoms with Crippen LogP contribution in [0.1, 0.15) is 88.2 Å². The van der Waals surface area contributed by atoms with Gasteiger partial charge in [-0.05, 0) is 18.4 Å². The van der Waals surface area contributed by atoms with Crippen LogP contribution in [0.3, 0.4) is 0 Å². The van der Waals surface area contributed by atoms with Crippen LogP contribution in [-0.4, -0.2) is 4.57 Å². The highest BCUT2D eigenvalue weighted by Gasteiger charge is 2.16. The van der Waals surface area contributed by atoms with Crippen LogP contribution < -0.4 is 4.57 Å². The molecule has 1 aromatic heterocycles. The van der Waals surface area contributed by atoms with Crippen LogP contribution in [0.15, 0.2) is 36.5 Å². The van der Waals surface area contributed by atoms with Gasteiger partial charge < -0.3 is 0 Å². The Morgan fingerprint density at radius 2 is 1.35 bits per heavy atom. The Labute approximate surface area is 161 Å². The highest BCUT2D eigenvalue weighted by molar-refractivity contribution is 5.13. The summed E-state index contributed by atoms with van der Waals surface area (Å²) in [5, 5.41) is 0. The van der Waals surface area contributed by atoms with Gasteiger partial charge in [-0.1, -0.05) is 88.6 Å². The maximum absolute atomic E-state index is 2.49. The molecule has 0 fully saturated rings. The molecule has 0 aliphatic heterocycles. The molecule has 0 amide bonds. The first-order valence-corrected chi connectivity index (χ1v) is 10.8. The standard InChI is InChI=1S/C24H39N2/c1-4-5-6-7-8-9-10-11-12-16-19-26-22(2)20-25(23(26)3)21-24-17-14-13-15-18-24/h13-15,17-18,20H,4-12,16,19,21H2,1-3H3/q+1. The SMILES string of the molecule is CCCCCCCCCCCCn1c(C)c[n+](Cc2ccccc2)c1C. The molecular formula is C24H39N2+. The van der Waals surface area contributed by atoms with E-state index >= 15 is 0 Å². The highest BCUT2D eigenvalue weighted by atomic mass is 15.2. The first-order chi connectivity index (χ1) is 12.7. The fraction of sp³-hybridized carbons (Fsp3) is 0.625. The molecule has 0 aliphatic carbocycles. The van der Waals surface area contributed by atoms with Gasteiger partial charge in [-0.25, -0.2) is 9.13 Å². The second-order valence-electron chi connectivity index (χ2n) is 7.76. The topological polar surface area (TPSA) is 8.81 Å². The first kappa shape index (κ1) is 20.7. The maximum atomic E-state index is 2.49. The van der Waals surface area contributed by atoms with Crippen LogP contribution >= 0.6 is 0 Å². The molecule has 2 nitrogen and oxygen atoms in total. The quantitative estimate of drug-likeness (QED) is 0.292. The van der Waals surface area contributed by atoms with Crippen LogP contribution in [0.5, 0.6) is 0 Å². The summed E-state index contributed by atoms with van der Waals surface area (Å²) in [5.74, 6) is 1.38. The molecule has 2 heteroatoms. The monoisotopic (exact) mass is 355 g/mol. The second kappa shape index (κ2) is 11.9. The van der Waals surface area contributed by atoms with Crippen molar-refractivity contribution in [1.82, 2.24) is 4.57 Å². The number of rotatable bonds is 13. The van der Waals surface area contributed by atoms with E-state index in [1.807, 2.05) is 0 Å². The summed E-state index contributed by atoms with van der Waals surface area (Å²) in [7, 11) is 0. The van der Waals surface area contributed by atoms with Gasteiger partial charge in [0.25, 0.3) is 5.82 Å². The lowest BCUT2D eigenvalue weighted by molar-refractivity contribution is -0.694. The van der Waals surface area contributed by atoms with Gasteiger partial charge in [-0.2, -0.15) is 0 Å². The number of imidazole rings is 1. The molecule has 0 aliphatic rings. The van der Waals surface area contributed by atoms with Crippen LogP contribution in [0.2, 0.25) is 0 Å². The number of hydrogen-bond acceptors (Lipinski definition) is 0. The molecule has 144 valence electrons. The zero-order chi connectivity index (χ0) is 18.6. The fourth-order valence-corrected chi connectivity index (χ4v) is 3.83. The van der Waals surface area contributed by atoms with Crippen molar-refractivity contribution in [1.29, 1.82) is 0 Å². The molecule has 26 heavy (non-hydrogen) atoms. The van der Waals surface area contributed by atoms with Crippen molar-refractivity contribution in [2.24, 2.45) is 0 Å². The highest BCUT2D eigenvalue weighted by Crippen LogP contribution is 2.12. The molecule has 0 saturated carbocycles. The van der Waals surface area contributed by atoms with Crippen LogP contribution in [0, 0.1) is 13.8 Å². The van der Waals surface area contributed by atoms with E-state index < -0.39 is 0 Å². The van der Waals surface area contributed by atoms with Crippen molar-refractivity contribution >= 4 is 0 Å². The fourth-order valence-electron chi connectivity index (χ4n) is 3.83. The largest absolute Gasteiger partial charge is 0.253 e. The molecule has 1 heterocycles. The molecule has 0 bridgehead atoms. The number of aryl methyl sites for hydroxylation is 1. The third kappa shape index (κ3) is 6.97.